The monoisotopic (exact) mass is 464 g/mol. The fourth-order valence-corrected chi connectivity index (χ4v) is 5.67. The first kappa shape index (κ1) is 22.0. The van der Waals surface area contributed by atoms with Crippen molar-refractivity contribution >= 4 is 32.4 Å². The quantitative estimate of drug-likeness (QED) is 0.498. The summed E-state index contributed by atoms with van der Waals surface area (Å²) in [5.74, 6) is 0.343. The fourth-order valence-electron chi connectivity index (χ4n) is 4.55. The molecule has 1 aromatic heterocycles. The predicted molar refractivity (Wildman–Crippen MR) is 128 cm³/mol. The van der Waals surface area contributed by atoms with E-state index in [9.17, 15) is 13.2 Å². The minimum Gasteiger partial charge on any atom is -0.326 e. The van der Waals surface area contributed by atoms with Gasteiger partial charge in [-0.3, -0.25) is 9.78 Å². The maximum Gasteiger partial charge on any atom is 0.240 e. The van der Waals surface area contributed by atoms with Crippen LogP contribution in [0.5, 0.6) is 0 Å². The molecule has 1 aliphatic heterocycles. The lowest BCUT2D eigenvalue weighted by molar-refractivity contribution is -0.117. The zero-order valence-corrected chi connectivity index (χ0v) is 19.1. The number of amides is 1. The summed E-state index contributed by atoms with van der Waals surface area (Å²) in [6, 6.07) is 14.6. The molecule has 0 radical (unpaired) electrons. The van der Waals surface area contributed by atoms with Crippen LogP contribution in [0.3, 0.4) is 0 Å². The first-order valence-corrected chi connectivity index (χ1v) is 12.9. The van der Waals surface area contributed by atoms with Crippen LogP contribution in [0.2, 0.25) is 0 Å². The number of sulfonamides is 1. The van der Waals surface area contributed by atoms with Crippen molar-refractivity contribution in [2.24, 2.45) is 11.8 Å². The van der Waals surface area contributed by atoms with Crippen LogP contribution in [0.1, 0.15) is 30.7 Å². The number of carbonyl (C=O) groups excluding carboxylic acids is 1. The van der Waals surface area contributed by atoms with E-state index >= 15 is 0 Å². The van der Waals surface area contributed by atoms with Gasteiger partial charge in [-0.1, -0.05) is 18.2 Å². The number of aromatic nitrogens is 1. The van der Waals surface area contributed by atoms with Crippen molar-refractivity contribution in [1.82, 2.24) is 15.0 Å². The van der Waals surface area contributed by atoms with Gasteiger partial charge in [0.05, 0.1) is 4.90 Å². The standard InChI is InChI=1S/C25H28N4O3S/c30-25(29-21-6-3-20-16-27-11-9-19(20)12-21)24-13-23(24)18-4-7-22(8-5-18)33(31,32)28-15-17-2-1-10-26-14-17/h3-9,11-12,16-17,23-24,26,28H,1-2,10,13-15H2,(H,29,30)/t17-,23?,24+/m0/s1. The third-order valence-electron chi connectivity index (χ3n) is 6.61. The summed E-state index contributed by atoms with van der Waals surface area (Å²) in [5.41, 5.74) is 1.76. The van der Waals surface area contributed by atoms with Crippen molar-refractivity contribution in [2.75, 3.05) is 25.0 Å². The summed E-state index contributed by atoms with van der Waals surface area (Å²) in [7, 11) is -3.53. The SMILES string of the molecule is O=C(Nc1ccc2cnccc2c1)[C@@H]1CC1c1ccc(S(=O)(=O)NC[C@H]2CCCNC2)cc1. The smallest absolute Gasteiger partial charge is 0.240 e. The summed E-state index contributed by atoms with van der Waals surface area (Å²) in [4.78, 5) is 17.1. The Morgan fingerprint density at radius 2 is 1.94 bits per heavy atom. The number of hydrogen-bond donors (Lipinski definition) is 3. The van der Waals surface area contributed by atoms with Gasteiger partial charge in [-0.2, -0.15) is 0 Å². The number of carbonyl (C=O) groups is 1. The molecule has 172 valence electrons. The number of anilines is 1. The number of benzene rings is 2. The summed E-state index contributed by atoms with van der Waals surface area (Å²) in [5, 5.41) is 8.37. The summed E-state index contributed by atoms with van der Waals surface area (Å²) in [6.45, 7) is 2.31. The van der Waals surface area contributed by atoms with E-state index in [4.69, 9.17) is 0 Å². The predicted octanol–water partition coefficient (Wildman–Crippen LogP) is 3.25. The number of piperidine rings is 1. The molecule has 3 aromatic rings. The molecule has 1 unspecified atom stereocenters. The Kier molecular flexibility index (Phi) is 6.14. The second-order valence-corrected chi connectivity index (χ2v) is 10.8. The van der Waals surface area contributed by atoms with Crippen molar-refractivity contribution in [1.29, 1.82) is 0 Å². The number of hydrogen-bond acceptors (Lipinski definition) is 5. The summed E-state index contributed by atoms with van der Waals surface area (Å²) < 4.78 is 28.0. The highest BCUT2D eigenvalue weighted by Gasteiger charge is 2.44. The number of nitrogens with zero attached hydrogens (tertiary/aromatic N) is 1. The van der Waals surface area contributed by atoms with E-state index in [1.807, 2.05) is 36.4 Å². The summed E-state index contributed by atoms with van der Waals surface area (Å²) >= 11 is 0. The van der Waals surface area contributed by atoms with Gasteiger partial charge in [0.15, 0.2) is 0 Å². The minimum absolute atomic E-state index is 0.00661. The van der Waals surface area contributed by atoms with Gasteiger partial charge in [0.1, 0.15) is 0 Å². The lowest BCUT2D eigenvalue weighted by Gasteiger charge is -2.22. The Bertz CT molecular complexity index is 1250. The van der Waals surface area contributed by atoms with Crippen LogP contribution in [0.25, 0.3) is 10.8 Å². The largest absolute Gasteiger partial charge is 0.326 e. The molecule has 5 rings (SSSR count). The Morgan fingerprint density at radius 1 is 1.09 bits per heavy atom. The second-order valence-electron chi connectivity index (χ2n) is 9.01. The van der Waals surface area contributed by atoms with E-state index in [1.165, 1.54) is 0 Å². The molecule has 33 heavy (non-hydrogen) atoms. The second kappa shape index (κ2) is 9.21. The van der Waals surface area contributed by atoms with Crippen LogP contribution >= 0.6 is 0 Å². The van der Waals surface area contributed by atoms with Crippen LogP contribution in [-0.2, 0) is 14.8 Å². The average molecular weight is 465 g/mol. The molecule has 1 saturated heterocycles. The third kappa shape index (κ3) is 5.08. The van der Waals surface area contributed by atoms with E-state index in [0.29, 0.717) is 12.5 Å². The van der Waals surface area contributed by atoms with Crippen LogP contribution < -0.4 is 15.4 Å². The van der Waals surface area contributed by atoms with E-state index in [1.54, 1.807) is 24.5 Å². The van der Waals surface area contributed by atoms with Gasteiger partial charge in [-0.15, -0.1) is 0 Å². The molecule has 0 spiro atoms. The normalized spacial score (nSPS) is 22.7. The van der Waals surface area contributed by atoms with Gasteiger partial charge in [0, 0.05) is 35.9 Å². The Hall–Kier alpha value is -2.81. The maximum atomic E-state index is 12.7. The molecule has 0 bridgehead atoms. The van der Waals surface area contributed by atoms with Crippen molar-refractivity contribution in [2.45, 2.75) is 30.1 Å². The van der Waals surface area contributed by atoms with Crippen molar-refractivity contribution in [3.05, 3.63) is 66.5 Å². The molecule has 3 atom stereocenters. The van der Waals surface area contributed by atoms with E-state index in [2.05, 4.69) is 20.3 Å². The van der Waals surface area contributed by atoms with Crippen molar-refractivity contribution in [3.8, 4) is 0 Å². The molecule has 7 nitrogen and oxygen atoms in total. The maximum absolute atomic E-state index is 12.7. The Labute approximate surface area is 194 Å². The topological polar surface area (TPSA) is 100 Å². The number of pyridine rings is 1. The van der Waals surface area contributed by atoms with Gasteiger partial charge in [0.2, 0.25) is 15.9 Å². The van der Waals surface area contributed by atoms with Gasteiger partial charge >= 0.3 is 0 Å². The first-order valence-electron chi connectivity index (χ1n) is 11.4. The highest BCUT2D eigenvalue weighted by Crippen LogP contribution is 2.48. The first-order chi connectivity index (χ1) is 16.0. The molecule has 2 aliphatic rings. The van der Waals surface area contributed by atoms with E-state index in [-0.39, 0.29) is 22.6 Å². The van der Waals surface area contributed by atoms with Crippen LogP contribution in [-0.4, -0.2) is 38.9 Å². The van der Waals surface area contributed by atoms with Crippen LogP contribution in [0, 0.1) is 11.8 Å². The van der Waals surface area contributed by atoms with Gasteiger partial charge in [-0.05, 0) is 85.5 Å². The highest BCUT2D eigenvalue weighted by molar-refractivity contribution is 7.89. The molecule has 1 saturated carbocycles. The molecule has 8 heteroatoms. The average Bonchev–Trinajstić information content (AvgIpc) is 3.65. The minimum atomic E-state index is -3.53. The molecule has 1 amide bonds. The molecule has 2 heterocycles. The Morgan fingerprint density at radius 3 is 2.73 bits per heavy atom. The number of nitrogens with one attached hydrogen (secondary N) is 3. The van der Waals surface area contributed by atoms with Crippen molar-refractivity contribution in [3.63, 3.8) is 0 Å². The molecular formula is C25H28N4O3S. The molecule has 2 aromatic carbocycles. The highest BCUT2D eigenvalue weighted by atomic mass is 32.2. The fraction of sp³-hybridized carbons (Fsp3) is 0.360. The summed E-state index contributed by atoms with van der Waals surface area (Å²) in [6.07, 6.45) is 6.41. The van der Waals surface area contributed by atoms with E-state index < -0.39 is 10.0 Å². The zero-order valence-electron chi connectivity index (χ0n) is 18.3. The Balaban J connectivity index is 1.18. The molecule has 1 aliphatic carbocycles. The molecule has 3 N–H and O–H groups in total. The van der Waals surface area contributed by atoms with Crippen LogP contribution in [0.15, 0.2) is 65.8 Å². The molecule has 2 fully saturated rings. The van der Waals surface area contributed by atoms with E-state index in [0.717, 1.165) is 54.4 Å². The van der Waals surface area contributed by atoms with Crippen LogP contribution in [0.4, 0.5) is 5.69 Å². The van der Waals surface area contributed by atoms with Crippen molar-refractivity contribution < 1.29 is 13.2 Å². The molecular weight excluding hydrogens is 436 g/mol. The third-order valence-corrected chi connectivity index (χ3v) is 8.05. The lowest BCUT2D eigenvalue weighted by Crippen LogP contribution is -2.38. The number of rotatable bonds is 7. The zero-order chi connectivity index (χ0) is 22.8. The van der Waals surface area contributed by atoms with Gasteiger partial charge < -0.3 is 10.6 Å². The van der Waals surface area contributed by atoms with Gasteiger partial charge in [-0.25, -0.2) is 13.1 Å². The van der Waals surface area contributed by atoms with Gasteiger partial charge in [0.25, 0.3) is 0 Å². The number of fused-ring (bicyclic) bond motifs is 1. The lowest BCUT2D eigenvalue weighted by atomic mass is 10.0.